The molecule has 2 saturated carbocycles. The monoisotopic (exact) mass is 271 g/mol. The van der Waals surface area contributed by atoms with E-state index in [9.17, 15) is 4.79 Å². The number of rotatable bonds is 4. The summed E-state index contributed by atoms with van der Waals surface area (Å²) in [5.41, 5.74) is 1.38. The molecule has 0 aliphatic heterocycles. The van der Waals surface area contributed by atoms with Crippen molar-refractivity contribution >= 4 is 5.91 Å². The van der Waals surface area contributed by atoms with Gasteiger partial charge in [-0.15, -0.1) is 0 Å². The predicted molar refractivity (Wildman–Crippen MR) is 81.5 cm³/mol. The van der Waals surface area contributed by atoms with Crippen LogP contribution in [0.3, 0.4) is 0 Å². The molecule has 0 heterocycles. The van der Waals surface area contributed by atoms with Crippen LogP contribution in [0.5, 0.6) is 0 Å². The van der Waals surface area contributed by atoms with E-state index < -0.39 is 0 Å². The molecular weight excluding hydrogens is 246 g/mol. The molecule has 108 valence electrons. The molecule has 0 N–H and O–H groups in total. The Morgan fingerprint density at radius 3 is 2.40 bits per heavy atom. The van der Waals surface area contributed by atoms with Crippen molar-refractivity contribution in [2.45, 2.75) is 51.5 Å². The van der Waals surface area contributed by atoms with Gasteiger partial charge in [-0.25, -0.2) is 0 Å². The highest BCUT2D eigenvalue weighted by Gasteiger charge is 2.44. The first-order chi connectivity index (χ1) is 9.47. The van der Waals surface area contributed by atoms with Gasteiger partial charge in [-0.2, -0.15) is 0 Å². The SMILES string of the molecule is CC(C)(C)N(CC1CC1c1ccccc1)C(=O)C1CC1. The van der Waals surface area contributed by atoms with Crippen molar-refractivity contribution in [3.05, 3.63) is 35.9 Å². The third-order valence-electron chi connectivity index (χ3n) is 4.57. The number of nitrogens with zero attached hydrogens (tertiary/aromatic N) is 1. The van der Waals surface area contributed by atoms with Gasteiger partial charge in [0.1, 0.15) is 0 Å². The Hall–Kier alpha value is -1.31. The Labute approximate surface area is 122 Å². The van der Waals surface area contributed by atoms with Crippen LogP contribution in [0.2, 0.25) is 0 Å². The molecule has 0 bridgehead atoms. The highest BCUT2D eigenvalue weighted by Crippen LogP contribution is 2.48. The quantitative estimate of drug-likeness (QED) is 0.815. The molecule has 2 aliphatic carbocycles. The zero-order valence-electron chi connectivity index (χ0n) is 12.8. The molecule has 2 heteroatoms. The van der Waals surface area contributed by atoms with Gasteiger partial charge in [0.25, 0.3) is 0 Å². The number of carbonyl (C=O) groups is 1. The topological polar surface area (TPSA) is 20.3 Å². The Balaban J connectivity index is 1.65. The van der Waals surface area contributed by atoms with Crippen LogP contribution in [0.4, 0.5) is 0 Å². The first-order valence-corrected chi connectivity index (χ1v) is 7.83. The largest absolute Gasteiger partial charge is 0.337 e. The third-order valence-corrected chi connectivity index (χ3v) is 4.57. The smallest absolute Gasteiger partial charge is 0.226 e. The molecule has 2 nitrogen and oxygen atoms in total. The lowest BCUT2D eigenvalue weighted by atomic mass is 10.0. The highest BCUT2D eigenvalue weighted by atomic mass is 16.2. The van der Waals surface area contributed by atoms with E-state index in [1.54, 1.807) is 0 Å². The molecule has 0 aromatic heterocycles. The number of hydrogen-bond acceptors (Lipinski definition) is 1. The van der Waals surface area contributed by atoms with Crippen LogP contribution in [0.1, 0.15) is 51.5 Å². The van der Waals surface area contributed by atoms with Crippen molar-refractivity contribution in [3.63, 3.8) is 0 Å². The van der Waals surface area contributed by atoms with Crippen molar-refractivity contribution in [2.75, 3.05) is 6.54 Å². The molecule has 0 spiro atoms. The van der Waals surface area contributed by atoms with Crippen molar-refractivity contribution in [3.8, 4) is 0 Å². The summed E-state index contributed by atoms with van der Waals surface area (Å²) in [5.74, 6) is 2.02. The fourth-order valence-corrected chi connectivity index (χ4v) is 3.04. The Kier molecular flexibility index (Phi) is 3.35. The summed E-state index contributed by atoms with van der Waals surface area (Å²) in [6.45, 7) is 7.41. The standard InChI is InChI=1S/C18H25NO/c1-18(2,3)19(17(20)14-9-10-14)12-15-11-16(15)13-7-5-4-6-8-13/h4-8,14-16H,9-12H2,1-3H3. The lowest BCUT2D eigenvalue weighted by Crippen LogP contribution is -2.47. The third kappa shape index (κ3) is 2.89. The lowest BCUT2D eigenvalue weighted by Gasteiger charge is -2.36. The number of carbonyl (C=O) groups excluding carboxylic acids is 1. The van der Waals surface area contributed by atoms with E-state index in [-0.39, 0.29) is 5.54 Å². The van der Waals surface area contributed by atoms with Gasteiger partial charge in [-0.05, 0) is 57.4 Å². The van der Waals surface area contributed by atoms with Crippen LogP contribution < -0.4 is 0 Å². The lowest BCUT2D eigenvalue weighted by molar-refractivity contribution is -0.137. The van der Waals surface area contributed by atoms with E-state index >= 15 is 0 Å². The molecule has 0 saturated heterocycles. The number of benzene rings is 1. The summed E-state index contributed by atoms with van der Waals surface area (Å²) in [6, 6.07) is 10.7. The summed E-state index contributed by atoms with van der Waals surface area (Å²) in [5, 5.41) is 0. The minimum atomic E-state index is -0.0521. The second kappa shape index (κ2) is 4.91. The van der Waals surface area contributed by atoms with Crippen molar-refractivity contribution < 1.29 is 4.79 Å². The molecule has 1 aromatic carbocycles. The molecule has 1 amide bonds. The van der Waals surface area contributed by atoms with E-state index in [0.29, 0.717) is 23.7 Å². The first-order valence-electron chi connectivity index (χ1n) is 7.83. The minimum Gasteiger partial charge on any atom is -0.337 e. The maximum atomic E-state index is 12.5. The van der Waals surface area contributed by atoms with E-state index in [2.05, 4.69) is 56.0 Å². The zero-order chi connectivity index (χ0) is 14.3. The Bertz CT molecular complexity index is 484. The van der Waals surface area contributed by atoms with Gasteiger partial charge < -0.3 is 4.90 Å². The van der Waals surface area contributed by atoms with Gasteiger partial charge in [0.15, 0.2) is 0 Å². The van der Waals surface area contributed by atoms with Crippen molar-refractivity contribution in [1.82, 2.24) is 4.90 Å². The average Bonchev–Trinajstić information content (AvgIpc) is 3.27. The maximum Gasteiger partial charge on any atom is 0.226 e. The van der Waals surface area contributed by atoms with Gasteiger partial charge in [0, 0.05) is 18.0 Å². The average molecular weight is 271 g/mol. The van der Waals surface area contributed by atoms with Gasteiger partial charge in [-0.3, -0.25) is 4.79 Å². The van der Waals surface area contributed by atoms with Crippen LogP contribution in [-0.2, 0) is 4.79 Å². The maximum absolute atomic E-state index is 12.5. The fraction of sp³-hybridized carbons (Fsp3) is 0.611. The van der Waals surface area contributed by atoms with Crippen LogP contribution >= 0.6 is 0 Å². The highest BCUT2D eigenvalue weighted by molar-refractivity contribution is 5.81. The summed E-state index contributed by atoms with van der Waals surface area (Å²) in [4.78, 5) is 14.6. The van der Waals surface area contributed by atoms with Gasteiger partial charge in [0.05, 0.1) is 0 Å². The molecular formula is C18H25NO. The molecule has 20 heavy (non-hydrogen) atoms. The molecule has 2 atom stereocenters. The van der Waals surface area contributed by atoms with E-state index in [0.717, 1.165) is 19.4 Å². The van der Waals surface area contributed by atoms with E-state index in [1.807, 2.05) is 0 Å². The summed E-state index contributed by atoms with van der Waals surface area (Å²) in [7, 11) is 0. The van der Waals surface area contributed by atoms with Crippen molar-refractivity contribution in [1.29, 1.82) is 0 Å². The Morgan fingerprint density at radius 2 is 1.85 bits per heavy atom. The predicted octanol–water partition coefficient (Wildman–Crippen LogP) is 3.83. The second-order valence-corrected chi connectivity index (χ2v) is 7.41. The molecule has 2 fully saturated rings. The van der Waals surface area contributed by atoms with Crippen LogP contribution in [0.25, 0.3) is 0 Å². The molecule has 2 unspecified atom stereocenters. The molecule has 0 radical (unpaired) electrons. The summed E-state index contributed by atoms with van der Waals surface area (Å²) < 4.78 is 0. The number of hydrogen-bond donors (Lipinski definition) is 0. The summed E-state index contributed by atoms with van der Waals surface area (Å²) in [6.07, 6.45) is 3.42. The van der Waals surface area contributed by atoms with E-state index in [1.165, 1.54) is 12.0 Å². The number of amides is 1. The molecule has 3 rings (SSSR count). The Morgan fingerprint density at radius 1 is 1.20 bits per heavy atom. The van der Waals surface area contributed by atoms with E-state index in [4.69, 9.17) is 0 Å². The van der Waals surface area contributed by atoms with Crippen molar-refractivity contribution in [2.24, 2.45) is 11.8 Å². The van der Waals surface area contributed by atoms with Gasteiger partial charge in [0.2, 0.25) is 5.91 Å². The normalized spacial score (nSPS) is 25.4. The first kappa shape index (κ1) is 13.7. The zero-order valence-corrected chi connectivity index (χ0v) is 12.8. The van der Waals surface area contributed by atoms with Crippen LogP contribution in [-0.4, -0.2) is 22.9 Å². The van der Waals surface area contributed by atoms with Gasteiger partial charge >= 0.3 is 0 Å². The molecule has 2 aliphatic rings. The molecule has 1 aromatic rings. The van der Waals surface area contributed by atoms with Crippen LogP contribution in [0.15, 0.2) is 30.3 Å². The minimum absolute atomic E-state index is 0.0521. The fourth-order valence-electron chi connectivity index (χ4n) is 3.04. The van der Waals surface area contributed by atoms with Gasteiger partial charge in [-0.1, -0.05) is 30.3 Å². The summed E-state index contributed by atoms with van der Waals surface area (Å²) >= 11 is 0. The second-order valence-electron chi connectivity index (χ2n) is 7.41. The van der Waals surface area contributed by atoms with Crippen LogP contribution in [0, 0.1) is 11.8 Å².